The first-order chi connectivity index (χ1) is 6.20. The first-order valence-electron chi connectivity index (χ1n) is 4.27. The maximum atomic E-state index is 10.6. The molecule has 1 aromatic carbocycles. The van der Waals surface area contributed by atoms with Crippen molar-refractivity contribution in [2.75, 3.05) is 5.73 Å². The van der Waals surface area contributed by atoms with E-state index >= 15 is 0 Å². The molecule has 1 saturated carbocycles. The summed E-state index contributed by atoms with van der Waals surface area (Å²) in [6.07, 6.45) is 0.726. The first-order valence-corrected chi connectivity index (χ1v) is 4.27. The molecule has 0 spiro atoms. The van der Waals surface area contributed by atoms with Crippen molar-refractivity contribution in [3.05, 3.63) is 29.8 Å². The molecule has 0 bridgehead atoms. The number of nitrogen functional groups attached to an aromatic ring is 1. The van der Waals surface area contributed by atoms with E-state index < -0.39 is 5.97 Å². The number of benzene rings is 1. The van der Waals surface area contributed by atoms with Gasteiger partial charge in [0.25, 0.3) is 0 Å². The van der Waals surface area contributed by atoms with Gasteiger partial charge in [0.05, 0.1) is 5.92 Å². The van der Waals surface area contributed by atoms with E-state index in [0.29, 0.717) is 5.69 Å². The molecule has 3 heteroatoms. The van der Waals surface area contributed by atoms with Crippen molar-refractivity contribution in [1.29, 1.82) is 0 Å². The Morgan fingerprint density at radius 1 is 1.46 bits per heavy atom. The van der Waals surface area contributed by atoms with Crippen LogP contribution in [0, 0.1) is 5.92 Å². The summed E-state index contributed by atoms with van der Waals surface area (Å²) in [6.45, 7) is 0. The van der Waals surface area contributed by atoms with Crippen LogP contribution in [-0.2, 0) is 4.79 Å². The topological polar surface area (TPSA) is 63.3 Å². The molecule has 1 aromatic rings. The predicted molar refractivity (Wildman–Crippen MR) is 49.3 cm³/mol. The summed E-state index contributed by atoms with van der Waals surface area (Å²) in [6, 6.07) is 7.47. The van der Waals surface area contributed by atoms with E-state index in [4.69, 9.17) is 10.8 Å². The molecule has 0 amide bonds. The molecule has 0 saturated heterocycles. The zero-order valence-corrected chi connectivity index (χ0v) is 7.10. The molecule has 0 aromatic heterocycles. The molecule has 3 nitrogen and oxygen atoms in total. The highest BCUT2D eigenvalue weighted by Crippen LogP contribution is 2.49. The Labute approximate surface area is 76.2 Å². The van der Waals surface area contributed by atoms with Gasteiger partial charge in [-0.3, -0.25) is 4.79 Å². The van der Waals surface area contributed by atoms with Gasteiger partial charge in [-0.25, -0.2) is 0 Å². The van der Waals surface area contributed by atoms with Gasteiger partial charge in [-0.05, 0) is 18.1 Å². The second-order valence-electron chi connectivity index (χ2n) is 3.42. The summed E-state index contributed by atoms with van der Waals surface area (Å²) in [4.78, 5) is 10.6. The minimum absolute atomic E-state index is 0.138. The van der Waals surface area contributed by atoms with Crippen LogP contribution in [0.4, 0.5) is 5.69 Å². The maximum Gasteiger partial charge on any atom is 0.307 e. The average Bonchev–Trinajstić information content (AvgIpc) is 2.84. The quantitative estimate of drug-likeness (QED) is 0.672. The van der Waals surface area contributed by atoms with Crippen LogP contribution >= 0.6 is 0 Å². The number of aliphatic carboxylic acids is 1. The van der Waals surface area contributed by atoms with Crippen molar-refractivity contribution in [2.24, 2.45) is 5.92 Å². The van der Waals surface area contributed by atoms with Crippen LogP contribution < -0.4 is 5.73 Å². The fourth-order valence-corrected chi connectivity index (χ4v) is 1.66. The summed E-state index contributed by atoms with van der Waals surface area (Å²) in [5.74, 6) is -0.795. The monoisotopic (exact) mass is 177 g/mol. The average molecular weight is 177 g/mol. The summed E-state index contributed by atoms with van der Waals surface area (Å²) < 4.78 is 0. The summed E-state index contributed by atoms with van der Waals surface area (Å²) in [7, 11) is 0. The lowest BCUT2D eigenvalue weighted by atomic mass is 10.1. The van der Waals surface area contributed by atoms with E-state index in [0.717, 1.165) is 12.0 Å². The van der Waals surface area contributed by atoms with Gasteiger partial charge in [0.1, 0.15) is 0 Å². The first kappa shape index (κ1) is 8.10. The summed E-state index contributed by atoms with van der Waals surface area (Å²) in [5.41, 5.74) is 7.42. The van der Waals surface area contributed by atoms with Gasteiger partial charge in [-0.1, -0.05) is 18.2 Å². The van der Waals surface area contributed by atoms with Crippen molar-refractivity contribution in [1.82, 2.24) is 0 Å². The zero-order chi connectivity index (χ0) is 9.42. The molecular formula is C10H11NO2. The Morgan fingerprint density at radius 2 is 2.15 bits per heavy atom. The van der Waals surface area contributed by atoms with E-state index in [1.165, 1.54) is 0 Å². The van der Waals surface area contributed by atoms with Gasteiger partial charge < -0.3 is 10.8 Å². The van der Waals surface area contributed by atoms with Crippen LogP contribution in [0.25, 0.3) is 0 Å². The van der Waals surface area contributed by atoms with Gasteiger partial charge in [0, 0.05) is 11.6 Å². The fraction of sp³-hybridized carbons (Fsp3) is 0.300. The third-order valence-corrected chi connectivity index (χ3v) is 2.50. The highest BCUT2D eigenvalue weighted by atomic mass is 16.4. The van der Waals surface area contributed by atoms with Crippen molar-refractivity contribution in [3.63, 3.8) is 0 Å². The molecule has 0 aliphatic heterocycles. The lowest BCUT2D eigenvalue weighted by Crippen LogP contribution is -2.00. The second kappa shape index (κ2) is 2.76. The number of nitrogens with two attached hydrogens (primary N) is 1. The maximum absolute atomic E-state index is 10.6. The van der Waals surface area contributed by atoms with Crippen LogP contribution in [0.3, 0.4) is 0 Å². The van der Waals surface area contributed by atoms with Crippen LogP contribution in [-0.4, -0.2) is 11.1 Å². The van der Waals surface area contributed by atoms with Crippen molar-refractivity contribution in [2.45, 2.75) is 12.3 Å². The largest absolute Gasteiger partial charge is 0.481 e. The Balaban J connectivity index is 2.21. The van der Waals surface area contributed by atoms with E-state index in [1.807, 2.05) is 24.3 Å². The molecule has 2 unspecified atom stereocenters. The molecule has 1 fully saturated rings. The molecule has 1 aliphatic carbocycles. The lowest BCUT2D eigenvalue weighted by Gasteiger charge is -2.02. The second-order valence-corrected chi connectivity index (χ2v) is 3.42. The molecule has 13 heavy (non-hydrogen) atoms. The molecule has 2 rings (SSSR count). The number of hydrogen-bond donors (Lipinski definition) is 2. The van der Waals surface area contributed by atoms with Crippen molar-refractivity contribution < 1.29 is 9.90 Å². The molecule has 0 radical (unpaired) electrons. The minimum Gasteiger partial charge on any atom is -0.481 e. The highest BCUT2D eigenvalue weighted by molar-refractivity contribution is 5.76. The Morgan fingerprint density at radius 3 is 2.69 bits per heavy atom. The number of anilines is 1. The number of para-hydroxylation sites is 1. The fourth-order valence-electron chi connectivity index (χ4n) is 1.66. The molecule has 0 heterocycles. The lowest BCUT2D eigenvalue weighted by molar-refractivity contribution is -0.138. The number of carboxylic acids is 1. The van der Waals surface area contributed by atoms with E-state index in [9.17, 15) is 4.79 Å². The van der Waals surface area contributed by atoms with Gasteiger partial charge in [0.15, 0.2) is 0 Å². The van der Waals surface area contributed by atoms with E-state index in [2.05, 4.69) is 0 Å². The van der Waals surface area contributed by atoms with Crippen molar-refractivity contribution in [3.8, 4) is 0 Å². The third-order valence-electron chi connectivity index (χ3n) is 2.50. The molecule has 3 N–H and O–H groups in total. The summed E-state index contributed by atoms with van der Waals surface area (Å²) >= 11 is 0. The van der Waals surface area contributed by atoms with E-state index in [-0.39, 0.29) is 11.8 Å². The van der Waals surface area contributed by atoms with Crippen LogP contribution in [0.5, 0.6) is 0 Å². The number of hydrogen-bond acceptors (Lipinski definition) is 2. The molecule has 2 atom stereocenters. The summed E-state index contributed by atoms with van der Waals surface area (Å²) in [5, 5.41) is 8.74. The Bertz CT molecular complexity index is 349. The smallest absolute Gasteiger partial charge is 0.307 e. The third kappa shape index (κ3) is 1.37. The zero-order valence-electron chi connectivity index (χ0n) is 7.10. The predicted octanol–water partition coefficient (Wildman–Crippen LogP) is 1.46. The van der Waals surface area contributed by atoms with Crippen LogP contribution in [0.1, 0.15) is 17.9 Å². The SMILES string of the molecule is Nc1ccccc1C1CC1C(=O)O. The van der Waals surface area contributed by atoms with Crippen molar-refractivity contribution >= 4 is 11.7 Å². The molecule has 68 valence electrons. The molecule has 1 aliphatic rings. The normalized spacial score (nSPS) is 25.5. The van der Waals surface area contributed by atoms with Gasteiger partial charge in [-0.2, -0.15) is 0 Å². The van der Waals surface area contributed by atoms with Gasteiger partial charge >= 0.3 is 5.97 Å². The van der Waals surface area contributed by atoms with E-state index in [1.54, 1.807) is 0 Å². The Kier molecular flexibility index (Phi) is 1.72. The van der Waals surface area contributed by atoms with Gasteiger partial charge in [-0.15, -0.1) is 0 Å². The highest BCUT2D eigenvalue weighted by Gasteiger charge is 2.44. The number of rotatable bonds is 2. The number of carboxylic acid groups (broad SMARTS) is 1. The standard InChI is InChI=1S/C10H11NO2/c11-9-4-2-1-3-6(9)7-5-8(7)10(12)13/h1-4,7-8H,5,11H2,(H,12,13). The Hall–Kier alpha value is -1.51. The van der Waals surface area contributed by atoms with Crippen LogP contribution in [0.2, 0.25) is 0 Å². The molecular weight excluding hydrogens is 166 g/mol. The number of carbonyl (C=O) groups is 1. The minimum atomic E-state index is -0.715. The van der Waals surface area contributed by atoms with Gasteiger partial charge in [0.2, 0.25) is 0 Å². The van der Waals surface area contributed by atoms with Crippen LogP contribution in [0.15, 0.2) is 24.3 Å².